The van der Waals surface area contributed by atoms with Crippen molar-refractivity contribution >= 4 is 16.9 Å². The van der Waals surface area contributed by atoms with Crippen LogP contribution in [0.2, 0.25) is 0 Å². The Bertz CT molecular complexity index is 1010. The van der Waals surface area contributed by atoms with Gasteiger partial charge >= 0.3 is 5.97 Å². The Morgan fingerprint density at radius 3 is 2.88 bits per heavy atom. The molecule has 0 saturated carbocycles. The van der Waals surface area contributed by atoms with E-state index in [-0.39, 0.29) is 24.7 Å². The first-order valence-electron chi connectivity index (χ1n) is 8.57. The smallest absolute Gasteiger partial charge is 0.314 e. The summed E-state index contributed by atoms with van der Waals surface area (Å²) in [5.41, 5.74) is 4.08. The van der Waals surface area contributed by atoms with Gasteiger partial charge < -0.3 is 24.5 Å². The zero-order chi connectivity index (χ0) is 17.7. The lowest BCUT2D eigenvalue weighted by Crippen LogP contribution is -2.37. The Balaban J connectivity index is 1.67. The standard InChI is InChI=1S/C20H18N2O4/c1-24-20(23)13-9-21-18(11-6-7-15-16(8-11)26-10-25-15)19-17(13)12-4-2-3-5-14(12)22-19/h2-8,13,18,21-22H,9-10H2,1H3/t13-,18+/m0/s1. The molecule has 2 N–H and O–H groups in total. The summed E-state index contributed by atoms with van der Waals surface area (Å²) < 4.78 is 16.0. The summed E-state index contributed by atoms with van der Waals surface area (Å²) >= 11 is 0. The molecule has 6 nitrogen and oxygen atoms in total. The van der Waals surface area contributed by atoms with Crippen LogP contribution in [0.5, 0.6) is 11.5 Å². The van der Waals surface area contributed by atoms with Crippen LogP contribution in [-0.2, 0) is 9.53 Å². The summed E-state index contributed by atoms with van der Waals surface area (Å²) in [5, 5.41) is 4.54. The fraction of sp³-hybridized carbons (Fsp3) is 0.250. The summed E-state index contributed by atoms with van der Waals surface area (Å²) in [6.07, 6.45) is 0. The second-order valence-electron chi connectivity index (χ2n) is 6.53. The Kier molecular flexibility index (Phi) is 3.39. The summed E-state index contributed by atoms with van der Waals surface area (Å²) in [4.78, 5) is 15.9. The summed E-state index contributed by atoms with van der Waals surface area (Å²) in [6, 6.07) is 13.9. The van der Waals surface area contributed by atoms with Crippen molar-refractivity contribution in [2.75, 3.05) is 20.4 Å². The van der Waals surface area contributed by atoms with E-state index < -0.39 is 0 Å². The number of hydrogen-bond donors (Lipinski definition) is 2. The number of aromatic nitrogens is 1. The van der Waals surface area contributed by atoms with Crippen LogP contribution in [0.1, 0.15) is 28.8 Å². The maximum Gasteiger partial charge on any atom is 0.314 e. The molecule has 3 aromatic rings. The van der Waals surface area contributed by atoms with Crippen LogP contribution in [0, 0.1) is 0 Å². The molecule has 2 aromatic carbocycles. The Hall–Kier alpha value is -2.99. The van der Waals surface area contributed by atoms with Crippen LogP contribution in [0.3, 0.4) is 0 Å². The Labute approximate surface area is 150 Å². The highest BCUT2D eigenvalue weighted by Crippen LogP contribution is 2.41. The molecule has 0 radical (unpaired) electrons. The second-order valence-corrected chi connectivity index (χ2v) is 6.53. The van der Waals surface area contributed by atoms with Gasteiger partial charge in [-0.25, -0.2) is 0 Å². The maximum absolute atomic E-state index is 12.4. The fourth-order valence-corrected chi connectivity index (χ4v) is 3.95. The molecule has 3 heterocycles. The lowest BCUT2D eigenvalue weighted by atomic mass is 9.87. The number of hydrogen-bond acceptors (Lipinski definition) is 5. The summed E-state index contributed by atoms with van der Waals surface area (Å²) in [5.74, 6) is 0.940. The van der Waals surface area contributed by atoms with E-state index in [4.69, 9.17) is 14.2 Å². The topological polar surface area (TPSA) is 72.6 Å². The van der Waals surface area contributed by atoms with Crippen molar-refractivity contribution in [1.29, 1.82) is 0 Å². The minimum absolute atomic E-state index is 0.0622. The molecule has 0 unspecified atom stereocenters. The van der Waals surface area contributed by atoms with E-state index >= 15 is 0 Å². The third kappa shape index (κ3) is 2.19. The van der Waals surface area contributed by atoms with E-state index in [9.17, 15) is 4.79 Å². The predicted octanol–water partition coefficient (Wildman–Crippen LogP) is 2.85. The molecule has 2 aliphatic heterocycles. The largest absolute Gasteiger partial charge is 0.469 e. The number of H-pyrrole nitrogens is 1. The van der Waals surface area contributed by atoms with Crippen molar-refractivity contribution in [2.45, 2.75) is 12.0 Å². The third-order valence-electron chi connectivity index (χ3n) is 5.16. The van der Waals surface area contributed by atoms with Gasteiger partial charge in [0.15, 0.2) is 11.5 Å². The molecule has 5 rings (SSSR count). The van der Waals surface area contributed by atoms with Crippen LogP contribution in [0.15, 0.2) is 42.5 Å². The second kappa shape index (κ2) is 5.78. The molecule has 2 atom stereocenters. The zero-order valence-corrected chi connectivity index (χ0v) is 14.2. The molecule has 0 amide bonds. The molecule has 0 saturated heterocycles. The van der Waals surface area contributed by atoms with Gasteiger partial charge in [-0.1, -0.05) is 24.3 Å². The van der Waals surface area contributed by atoms with Crippen LogP contribution in [-0.4, -0.2) is 31.4 Å². The first-order valence-corrected chi connectivity index (χ1v) is 8.57. The van der Waals surface area contributed by atoms with Crippen LogP contribution < -0.4 is 14.8 Å². The van der Waals surface area contributed by atoms with E-state index in [2.05, 4.69) is 10.3 Å². The Morgan fingerprint density at radius 2 is 2.00 bits per heavy atom. The number of carbonyl (C=O) groups is 1. The first kappa shape index (κ1) is 15.3. The minimum atomic E-state index is -0.337. The molecular weight excluding hydrogens is 332 g/mol. The lowest BCUT2D eigenvalue weighted by molar-refractivity contribution is -0.142. The number of para-hydroxylation sites is 1. The third-order valence-corrected chi connectivity index (χ3v) is 5.16. The normalized spacial score (nSPS) is 20.8. The molecule has 26 heavy (non-hydrogen) atoms. The molecule has 6 heteroatoms. The van der Waals surface area contributed by atoms with Gasteiger partial charge in [-0.15, -0.1) is 0 Å². The monoisotopic (exact) mass is 350 g/mol. The van der Waals surface area contributed by atoms with Gasteiger partial charge in [0.05, 0.1) is 19.1 Å². The van der Waals surface area contributed by atoms with Crippen LogP contribution >= 0.6 is 0 Å². The minimum Gasteiger partial charge on any atom is -0.469 e. The van der Waals surface area contributed by atoms with Crippen LogP contribution in [0.25, 0.3) is 10.9 Å². The van der Waals surface area contributed by atoms with Crippen molar-refractivity contribution in [3.05, 3.63) is 59.3 Å². The number of benzene rings is 2. The number of fused-ring (bicyclic) bond motifs is 4. The SMILES string of the molecule is COC(=O)[C@H]1CN[C@H](c2ccc3c(c2)OCO3)c2[nH]c3ccccc3c21. The molecule has 0 bridgehead atoms. The highest BCUT2D eigenvalue weighted by Gasteiger charge is 2.36. The Morgan fingerprint density at radius 1 is 1.15 bits per heavy atom. The number of ether oxygens (including phenoxy) is 3. The molecule has 2 aliphatic rings. The molecule has 0 fully saturated rings. The molecule has 132 valence electrons. The summed E-state index contributed by atoms with van der Waals surface area (Å²) in [7, 11) is 1.43. The molecule has 1 aromatic heterocycles. The predicted molar refractivity (Wildman–Crippen MR) is 95.5 cm³/mol. The fourth-order valence-electron chi connectivity index (χ4n) is 3.95. The van der Waals surface area contributed by atoms with E-state index in [0.717, 1.165) is 39.2 Å². The van der Waals surface area contributed by atoms with Gasteiger partial charge in [0, 0.05) is 23.1 Å². The lowest BCUT2D eigenvalue weighted by Gasteiger charge is -2.29. The van der Waals surface area contributed by atoms with Crippen molar-refractivity contribution in [3.63, 3.8) is 0 Å². The molecule has 0 aliphatic carbocycles. The van der Waals surface area contributed by atoms with Gasteiger partial charge in [0.1, 0.15) is 0 Å². The van der Waals surface area contributed by atoms with Crippen LogP contribution in [0.4, 0.5) is 0 Å². The van der Waals surface area contributed by atoms with E-state index in [0.29, 0.717) is 6.54 Å². The average Bonchev–Trinajstić information content (AvgIpc) is 3.30. The maximum atomic E-state index is 12.4. The average molecular weight is 350 g/mol. The van der Waals surface area contributed by atoms with Crippen molar-refractivity contribution in [2.24, 2.45) is 0 Å². The molecular formula is C20H18N2O4. The van der Waals surface area contributed by atoms with E-state index in [1.54, 1.807) is 0 Å². The van der Waals surface area contributed by atoms with Crippen molar-refractivity contribution < 1.29 is 19.0 Å². The van der Waals surface area contributed by atoms with Crippen molar-refractivity contribution in [1.82, 2.24) is 10.3 Å². The van der Waals surface area contributed by atoms with E-state index in [1.807, 2.05) is 42.5 Å². The van der Waals surface area contributed by atoms with Gasteiger partial charge in [-0.05, 0) is 29.3 Å². The number of carbonyl (C=O) groups excluding carboxylic acids is 1. The first-order chi connectivity index (χ1) is 12.8. The summed E-state index contributed by atoms with van der Waals surface area (Å²) in [6.45, 7) is 0.763. The van der Waals surface area contributed by atoms with E-state index in [1.165, 1.54) is 7.11 Å². The van der Waals surface area contributed by atoms with Gasteiger partial charge in [0.2, 0.25) is 6.79 Å². The quantitative estimate of drug-likeness (QED) is 0.696. The van der Waals surface area contributed by atoms with Gasteiger partial charge in [0.25, 0.3) is 0 Å². The number of rotatable bonds is 2. The zero-order valence-electron chi connectivity index (χ0n) is 14.2. The number of aromatic amines is 1. The molecule has 0 spiro atoms. The number of methoxy groups -OCH3 is 1. The number of nitrogens with one attached hydrogen (secondary N) is 2. The van der Waals surface area contributed by atoms with Crippen molar-refractivity contribution in [3.8, 4) is 11.5 Å². The highest BCUT2D eigenvalue weighted by molar-refractivity contribution is 5.92. The highest BCUT2D eigenvalue weighted by atomic mass is 16.7. The van der Waals surface area contributed by atoms with Gasteiger partial charge in [-0.3, -0.25) is 4.79 Å². The van der Waals surface area contributed by atoms with Gasteiger partial charge in [-0.2, -0.15) is 0 Å². The number of esters is 1.